The lowest BCUT2D eigenvalue weighted by Gasteiger charge is -2.07. The molecule has 1 unspecified atom stereocenters. The summed E-state index contributed by atoms with van der Waals surface area (Å²) in [5.41, 5.74) is 1.84. The Labute approximate surface area is 163 Å². The van der Waals surface area contributed by atoms with Crippen molar-refractivity contribution in [1.29, 1.82) is 0 Å². The molecule has 2 N–H and O–H groups in total. The third-order valence-corrected chi connectivity index (χ3v) is 6.22. The van der Waals surface area contributed by atoms with Gasteiger partial charge in [0.15, 0.2) is 10.9 Å². The first-order chi connectivity index (χ1) is 13.0. The Balaban J connectivity index is 1.53. The zero-order chi connectivity index (χ0) is 19.0. The van der Waals surface area contributed by atoms with E-state index in [4.69, 9.17) is 0 Å². The number of amides is 1. The van der Waals surface area contributed by atoms with Crippen LogP contribution in [0.15, 0.2) is 41.6 Å². The number of rotatable bonds is 6. The molecule has 1 aromatic carbocycles. The number of imidazole rings is 1. The molecule has 138 valence electrons. The van der Waals surface area contributed by atoms with Crippen LogP contribution in [0.5, 0.6) is 0 Å². The van der Waals surface area contributed by atoms with Gasteiger partial charge in [-0.05, 0) is 31.2 Å². The van der Waals surface area contributed by atoms with Gasteiger partial charge in [0.25, 0.3) is 0 Å². The molecule has 0 fully saturated rings. The van der Waals surface area contributed by atoms with E-state index in [0.717, 1.165) is 15.9 Å². The minimum absolute atomic E-state index is 0.0413. The number of carbonyl (C=O) groups is 2. The van der Waals surface area contributed by atoms with E-state index in [9.17, 15) is 9.59 Å². The molecule has 1 atom stereocenters. The summed E-state index contributed by atoms with van der Waals surface area (Å²) in [7, 11) is 0. The van der Waals surface area contributed by atoms with Gasteiger partial charge in [-0.3, -0.25) is 14.0 Å². The number of nitrogens with one attached hydrogen (secondary N) is 2. The van der Waals surface area contributed by atoms with Gasteiger partial charge < -0.3 is 5.32 Å². The number of aromatic nitrogens is 4. The van der Waals surface area contributed by atoms with Gasteiger partial charge in [0.1, 0.15) is 0 Å². The molecular weight excluding hydrogens is 382 g/mol. The molecule has 7 nitrogen and oxygen atoms in total. The topological polar surface area (TPSA) is 92.1 Å². The van der Waals surface area contributed by atoms with Gasteiger partial charge in [0.05, 0.1) is 27.7 Å². The highest BCUT2D eigenvalue weighted by molar-refractivity contribution is 8.00. The summed E-state index contributed by atoms with van der Waals surface area (Å²) in [5, 5.41) is 10.4. The van der Waals surface area contributed by atoms with Crippen molar-refractivity contribution in [2.24, 2.45) is 0 Å². The van der Waals surface area contributed by atoms with Crippen LogP contribution in [-0.4, -0.2) is 36.5 Å². The van der Waals surface area contributed by atoms with Crippen molar-refractivity contribution in [2.75, 3.05) is 0 Å². The van der Waals surface area contributed by atoms with Crippen LogP contribution in [0.2, 0.25) is 0 Å². The molecule has 0 radical (unpaired) electrons. The summed E-state index contributed by atoms with van der Waals surface area (Å²) in [6.45, 7) is 3.79. The summed E-state index contributed by atoms with van der Waals surface area (Å²) in [4.78, 5) is 30.0. The second-order valence-electron chi connectivity index (χ2n) is 6.07. The van der Waals surface area contributed by atoms with Crippen LogP contribution >= 0.6 is 23.1 Å². The standard InChI is InChI=1S/C18H17N5O2S2/c1-10(16(25)15-8-7-12(27-15)9-19-11(2)24)26-18-22-21-17-20-13-5-3-4-6-14(13)23(17)18/h3-8,10H,9H2,1-2H3,(H,19,24)(H,20,21). The first kappa shape index (κ1) is 17.7. The lowest BCUT2D eigenvalue weighted by molar-refractivity contribution is -0.119. The van der Waals surface area contributed by atoms with Gasteiger partial charge in [-0.15, -0.1) is 16.4 Å². The molecule has 1 amide bonds. The number of carbonyl (C=O) groups excluding carboxylic acids is 2. The monoisotopic (exact) mass is 399 g/mol. The SMILES string of the molecule is CC(=O)NCc1ccc(C(=O)C(C)Sc2n[nH]c3nc4ccccc4n23)s1. The second-order valence-corrected chi connectivity index (χ2v) is 8.54. The summed E-state index contributed by atoms with van der Waals surface area (Å²) < 4.78 is 1.93. The molecular formula is C18H17N5O2S2. The van der Waals surface area contributed by atoms with Crippen molar-refractivity contribution >= 4 is 51.6 Å². The van der Waals surface area contributed by atoms with E-state index in [1.165, 1.54) is 30.0 Å². The number of nitrogens with zero attached hydrogens (tertiary/aromatic N) is 3. The number of hydrogen-bond donors (Lipinski definition) is 2. The van der Waals surface area contributed by atoms with Gasteiger partial charge in [-0.25, -0.2) is 10.1 Å². The van der Waals surface area contributed by atoms with E-state index in [0.29, 0.717) is 22.4 Å². The molecule has 0 saturated carbocycles. The summed E-state index contributed by atoms with van der Waals surface area (Å²) in [6.07, 6.45) is 0. The van der Waals surface area contributed by atoms with Crippen LogP contribution in [0.3, 0.4) is 0 Å². The first-order valence-corrected chi connectivity index (χ1v) is 10.1. The molecule has 0 aliphatic carbocycles. The normalized spacial score (nSPS) is 12.5. The highest BCUT2D eigenvalue weighted by atomic mass is 32.2. The molecule has 4 rings (SSSR count). The number of ketones is 1. The molecule has 27 heavy (non-hydrogen) atoms. The maximum atomic E-state index is 12.8. The van der Waals surface area contributed by atoms with Crippen molar-refractivity contribution in [3.8, 4) is 0 Å². The van der Waals surface area contributed by atoms with Crippen LogP contribution in [0.25, 0.3) is 16.8 Å². The quantitative estimate of drug-likeness (QED) is 0.383. The molecule has 4 aromatic rings. The van der Waals surface area contributed by atoms with E-state index in [1.54, 1.807) is 0 Å². The van der Waals surface area contributed by atoms with Crippen LogP contribution in [0.4, 0.5) is 0 Å². The molecule has 0 saturated heterocycles. The van der Waals surface area contributed by atoms with Crippen LogP contribution in [0, 0.1) is 0 Å². The van der Waals surface area contributed by atoms with E-state index in [-0.39, 0.29) is 16.9 Å². The third kappa shape index (κ3) is 3.47. The zero-order valence-electron chi connectivity index (χ0n) is 14.7. The summed E-state index contributed by atoms with van der Waals surface area (Å²) in [5.74, 6) is 0.613. The van der Waals surface area contributed by atoms with Gasteiger partial charge in [0.2, 0.25) is 11.7 Å². The van der Waals surface area contributed by atoms with Gasteiger partial charge in [0, 0.05) is 11.8 Å². The predicted octanol–water partition coefficient (Wildman–Crippen LogP) is 3.27. The molecule has 3 heterocycles. The number of thioether (sulfide) groups is 1. The van der Waals surface area contributed by atoms with E-state index in [1.807, 2.05) is 47.7 Å². The number of H-pyrrole nitrogens is 1. The number of Topliss-reactive ketones (excluding diaryl/α,β-unsaturated/α-hetero) is 1. The molecule has 0 bridgehead atoms. The average Bonchev–Trinajstić information content (AvgIpc) is 3.35. The summed E-state index contributed by atoms with van der Waals surface area (Å²) in [6, 6.07) is 11.5. The van der Waals surface area contributed by atoms with E-state index >= 15 is 0 Å². The fraction of sp³-hybridized carbons (Fsp3) is 0.222. The van der Waals surface area contributed by atoms with Gasteiger partial charge in [-0.1, -0.05) is 23.9 Å². The third-order valence-electron chi connectivity index (χ3n) is 4.07. The first-order valence-electron chi connectivity index (χ1n) is 8.38. The maximum Gasteiger partial charge on any atom is 0.231 e. The smallest absolute Gasteiger partial charge is 0.231 e. The molecule has 3 aromatic heterocycles. The number of hydrogen-bond acceptors (Lipinski definition) is 6. The average molecular weight is 400 g/mol. The maximum absolute atomic E-state index is 12.8. The fourth-order valence-electron chi connectivity index (χ4n) is 2.75. The van der Waals surface area contributed by atoms with Crippen LogP contribution < -0.4 is 5.32 Å². The van der Waals surface area contributed by atoms with Gasteiger partial charge >= 0.3 is 0 Å². The Morgan fingerprint density at radius 2 is 2.11 bits per heavy atom. The Morgan fingerprint density at radius 1 is 1.30 bits per heavy atom. The van der Waals surface area contributed by atoms with Crippen LogP contribution in [0.1, 0.15) is 28.4 Å². The number of benzene rings is 1. The zero-order valence-corrected chi connectivity index (χ0v) is 16.4. The Bertz CT molecular complexity index is 1140. The predicted molar refractivity (Wildman–Crippen MR) is 106 cm³/mol. The minimum atomic E-state index is -0.301. The van der Waals surface area contributed by atoms with Crippen molar-refractivity contribution in [2.45, 2.75) is 30.8 Å². The second kappa shape index (κ2) is 7.16. The van der Waals surface area contributed by atoms with Crippen molar-refractivity contribution in [3.05, 3.63) is 46.2 Å². The van der Waals surface area contributed by atoms with Crippen LogP contribution in [-0.2, 0) is 11.3 Å². The van der Waals surface area contributed by atoms with Crippen molar-refractivity contribution in [3.63, 3.8) is 0 Å². The fourth-order valence-corrected chi connectivity index (χ4v) is 4.74. The van der Waals surface area contributed by atoms with E-state index in [2.05, 4.69) is 20.5 Å². The van der Waals surface area contributed by atoms with Crippen molar-refractivity contribution in [1.82, 2.24) is 24.9 Å². The Kier molecular flexibility index (Phi) is 4.71. The Hall–Kier alpha value is -2.65. The largest absolute Gasteiger partial charge is 0.351 e. The lowest BCUT2D eigenvalue weighted by Crippen LogP contribution is -2.18. The number of thiophene rings is 1. The van der Waals surface area contributed by atoms with E-state index < -0.39 is 0 Å². The number of para-hydroxylation sites is 2. The summed E-state index contributed by atoms with van der Waals surface area (Å²) >= 11 is 2.80. The number of fused-ring (bicyclic) bond motifs is 3. The number of aromatic amines is 1. The highest BCUT2D eigenvalue weighted by Gasteiger charge is 2.22. The Morgan fingerprint density at radius 3 is 2.93 bits per heavy atom. The van der Waals surface area contributed by atoms with Gasteiger partial charge in [-0.2, -0.15) is 0 Å². The highest BCUT2D eigenvalue weighted by Crippen LogP contribution is 2.29. The molecule has 9 heteroatoms. The molecule has 0 spiro atoms. The minimum Gasteiger partial charge on any atom is -0.351 e. The molecule has 0 aliphatic heterocycles. The van der Waals surface area contributed by atoms with Crippen molar-refractivity contribution < 1.29 is 9.59 Å². The molecule has 0 aliphatic rings. The lowest BCUT2D eigenvalue weighted by atomic mass is 10.2.